The van der Waals surface area contributed by atoms with Crippen molar-refractivity contribution < 1.29 is 4.74 Å². The minimum Gasteiger partial charge on any atom is -0.457 e. The zero-order valence-electron chi connectivity index (χ0n) is 16.2. The number of benzene rings is 4. The second-order valence-corrected chi connectivity index (χ2v) is 10.00. The summed E-state index contributed by atoms with van der Waals surface area (Å²) in [5, 5.41) is 2.76. The summed E-state index contributed by atoms with van der Waals surface area (Å²) in [7, 11) is 0. The van der Waals surface area contributed by atoms with Gasteiger partial charge >= 0.3 is 0 Å². The maximum atomic E-state index is 6.35. The predicted octanol–water partition coefficient (Wildman–Crippen LogP) is 7.02. The number of hydrogen-bond acceptors (Lipinski definition) is 2. The molecule has 0 bridgehead atoms. The Hall–Kier alpha value is -2.71. The van der Waals surface area contributed by atoms with Gasteiger partial charge in [0.1, 0.15) is 11.5 Å². The van der Waals surface area contributed by atoms with E-state index in [1.807, 2.05) is 0 Å². The summed E-state index contributed by atoms with van der Waals surface area (Å²) in [5.74, 6) is 2.58. The monoisotopic (exact) mass is 392 g/mol. The van der Waals surface area contributed by atoms with Crippen molar-refractivity contribution in [3.05, 3.63) is 107 Å². The maximum Gasteiger partial charge on any atom is 0.132 e. The average molecular weight is 393 g/mol. The van der Waals surface area contributed by atoms with Gasteiger partial charge in [0.2, 0.25) is 0 Å². The summed E-state index contributed by atoms with van der Waals surface area (Å²) in [6, 6.07) is 30.9. The minimum atomic E-state index is -0.0762. The minimum absolute atomic E-state index is 0.0547. The van der Waals surface area contributed by atoms with E-state index in [0.717, 1.165) is 17.9 Å². The molecule has 0 aromatic heterocycles. The molecule has 2 spiro atoms. The van der Waals surface area contributed by atoms with Gasteiger partial charge in [0.05, 0.1) is 9.49 Å². The van der Waals surface area contributed by atoms with Crippen LogP contribution in [0.25, 0.3) is 10.8 Å². The highest BCUT2D eigenvalue weighted by Gasteiger charge is 2.77. The summed E-state index contributed by atoms with van der Waals surface area (Å²) in [6.07, 6.45) is 1.14. The first-order valence-corrected chi connectivity index (χ1v) is 11.2. The molecule has 4 aromatic rings. The van der Waals surface area contributed by atoms with Crippen LogP contribution in [0.2, 0.25) is 0 Å². The molecule has 140 valence electrons. The van der Waals surface area contributed by atoms with E-state index in [-0.39, 0.29) is 9.49 Å². The van der Waals surface area contributed by atoms with Gasteiger partial charge in [0.15, 0.2) is 0 Å². The number of thioether (sulfide) groups is 1. The summed E-state index contributed by atoms with van der Waals surface area (Å²) in [5.41, 5.74) is 5.73. The number of para-hydroxylation sites is 2. The van der Waals surface area contributed by atoms with Crippen molar-refractivity contribution in [2.24, 2.45) is 5.92 Å². The quantitative estimate of drug-likeness (QED) is 0.297. The zero-order chi connectivity index (χ0) is 19.2. The Morgan fingerprint density at radius 2 is 1.45 bits per heavy atom. The van der Waals surface area contributed by atoms with E-state index >= 15 is 0 Å². The molecular formula is C27H20OS. The number of hydrogen-bond donors (Lipinski definition) is 0. The van der Waals surface area contributed by atoms with Crippen molar-refractivity contribution in [1.29, 1.82) is 0 Å². The molecule has 1 fully saturated rings. The van der Waals surface area contributed by atoms with E-state index in [1.165, 1.54) is 27.5 Å². The van der Waals surface area contributed by atoms with Gasteiger partial charge in [-0.15, -0.1) is 11.8 Å². The van der Waals surface area contributed by atoms with Gasteiger partial charge in [-0.05, 0) is 46.4 Å². The van der Waals surface area contributed by atoms with Crippen molar-refractivity contribution in [2.45, 2.75) is 22.8 Å². The summed E-state index contributed by atoms with van der Waals surface area (Å²) >= 11 is 2.14. The second-order valence-electron chi connectivity index (χ2n) is 8.54. The maximum absolute atomic E-state index is 6.35. The van der Waals surface area contributed by atoms with Gasteiger partial charge < -0.3 is 4.74 Å². The van der Waals surface area contributed by atoms with E-state index in [0.29, 0.717) is 5.92 Å². The molecule has 2 heterocycles. The number of ether oxygens (including phenoxy) is 1. The lowest BCUT2D eigenvalue weighted by atomic mass is 9.72. The van der Waals surface area contributed by atoms with Gasteiger partial charge in [-0.25, -0.2) is 0 Å². The van der Waals surface area contributed by atoms with Crippen LogP contribution in [-0.4, -0.2) is 0 Å². The van der Waals surface area contributed by atoms with Gasteiger partial charge in [0, 0.05) is 11.1 Å². The fraction of sp³-hybridized carbons (Fsp3) is 0.185. The molecule has 0 saturated carbocycles. The molecule has 2 unspecified atom stereocenters. The Morgan fingerprint density at radius 1 is 0.793 bits per heavy atom. The SMILES string of the molecule is CC1Cc2ccc3ccccc3c2C12SC21c2ccccc2Oc2ccccc21. The topological polar surface area (TPSA) is 9.23 Å². The molecule has 1 saturated heterocycles. The highest BCUT2D eigenvalue weighted by Crippen LogP contribution is 2.86. The van der Waals surface area contributed by atoms with Crippen LogP contribution >= 0.6 is 11.8 Å². The van der Waals surface area contributed by atoms with E-state index < -0.39 is 0 Å². The van der Waals surface area contributed by atoms with Crippen molar-refractivity contribution >= 4 is 22.5 Å². The second kappa shape index (κ2) is 5.25. The van der Waals surface area contributed by atoms with Crippen LogP contribution in [0, 0.1) is 5.92 Å². The molecule has 3 aliphatic rings. The van der Waals surface area contributed by atoms with Crippen molar-refractivity contribution in [2.75, 3.05) is 0 Å². The van der Waals surface area contributed by atoms with E-state index in [9.17, 15) is 0 Å². The van der Waals surface area contributed by atoms with Gasteiger partial charge in [0.25, 0.3) is 0 Å². The Kier molecular flexibility index (Phi) is 2.92. The molecule has 2 atom stereocenters. The molecule has 1 aliphatic carbocycles. The molecule has 0 amide bonds. The fourth-order valence-electron chi connectivity index (χ4n) is 6.00. The largest absolute Gasteiger partial charge is 0.457 e. The van der Waals surface area contributed by atoms with Crippen molar-refractivity contribution in [1.82, 2.24) is 0 Å². The van der Waals surface area contributed by atoms with Gasteiger partial charge in [-0.3, -0.25) is 0 Å². The Balaban J connectivity index is 1.59. The number of rotatable bonds is 0. The first kappa shape index (κ1) is 16.1. The Morgan fingerprint density at radius 3 is 2.21 bits per heavy atom. The van der Waals surface area contributed by atoms with Crippen molar-refractivity contribution in [3.63, 3.8) is 0 Å². The third-order valence-electron chi connectivity index (χ3n) is 7.15. The highest BCUT2D eigenvalue weighted by atomic mass is 32.2. The summed E-state index contributed by atoms with van der Waals surface area (Å²) in [6.45, 7) is 2.44. The van der Waals surface area contributed by atoms with Crippen LogP contribution in [0.5, 0.6) is 11.5 Å². The van der Waals surface area contributed by atoms with Crippen LogP contribution in [0.4, 0.5) is 0 Å². The molecule has 29 heavy (non-hydrogen) atoms. The smallest absolute Gasteiger partial charge is 0.132 e. The average Bonchev–Trinajstić information content (AvgIpc) is 3.35. The first-order valence-electron chi connectivity index (χ1n) is 10.3. The molecule has 0 radical (unpaired) electrons. The lowest BCUT2D eigenvalue weighted by Gasteiger charge is -2.32. The molecular weight excluding hydrogens is 372 g/mol. The lowest BCUT2D eigenvalue weighted by Crippen LogP contribution is -2.29. The van der Waals surface area contributed by atoms with Crippen LogP contribution in [0.15, 0.2) is 84.9 Å². The highest BCUT2D eigenvalue weighted by molar-refractivity contribution is 8.08. The van der Waals surface area contributed by atoms with Crippen LogP contribution in [-0.2, 0) is 15.9 Å². The van der Waals surface area contributed by atoms with E-state index in [4.69, 9.17) is 4.74 Å². The molecule has 1 nitrogen and oxygen atoms in total. The molecule has 7 rings (SSSR count). The van der Waals surface area contributed by atoms with Crippen LogP contribution in [0.3, 0.4) is 0 Å². The third-order valence-corrected chi connectivity index (χ3v) is 9.25. The van der Waals surface area contributed by atoms with Gasteiger partial charge in [-0.1, -0.05) is 79.7 Å². The van der Waals surface area contributed by atoms with E-state index in [2.05, 4.69) is 104 Å². The Bertz CT molecular complexity index is 1280. The summed E-state index contributed by atoms with van der Waals surface area (Å²) in [4.78, 5) is 0. The lowest BCUT2D eigenvalue weighted by molar-refractivity contribution is 0.396. The normalized spacial score (nSPS) is 24.8. The van der Waals surface area contributed by atoms with E-state index in [1.54, 1.807) is 5.56 Å². The predicted molar refractivity (Wildman–Crippen MR) is 120 cm³/mol. The molecule has 4 aromatic carbocycles. The van der Waals surface area contributed by atoms with Gasteiger partial charge in [-0.2, -0.15) is 0 Å². The van der Waals surface area contributed by atoms with Crippen LogP contribution < -0.4 is 4.74 Å². The molecule has 2 aliphatic heterocycles. The molecule has 2 heteroatoms. The zero-order valence-corrected chi connectivity index (χ0v) is 17.0. The van der Waals surface area contributed by atoms with Crippen molar-refractivity contribution in [3.8, 4) is 11.5 Å². The summed E-state index contributed by atoms with van der Waals surface area (Å²) < 4.78 is 6.33. The standard InChI is InChI=1S/C27H20OS/c1-17-16-19-15-14-18-8-2-3-9-20(18)25(19)26(17)27(29-26)21-10-4-6-12-23(21)28-24-13-7-5-11-22(24)27/h2-15,17H,16H2,1H3. The first-order chi connectivity index (χ1) is 14.3. The Labute approximate surface area is 174 Å². The van der Waals surface area contributed by atoms with Crippen LogP contribution in [0.1, 0.15) is 29.2 Å². The third kappa shape index (κ3) is 1.76. The number of fused-ring (bicyclic) bond motifs is 9. The fourth-order valence-corrected chi connectivity index (χ4v) is 8.14. The molecule has 0 N–H and O–H groups in total.